The fraction of sp³-hybridized carbons (Fsp3) is 0.875. The van der Waals surface area contributed by atoms with Gasteiger partial charge in [0.05, 0.1) is 12.1 Å². The van der Waals surface area contributed by atoms with E-state index in [2.05, 4.69) is 37.7 Å². The van der Waals surface area contributed by atoms with Gasteiger partial charge in [-0.25, -0.2) is 9.98 Å². The van der Waals surface area contributed by atoms with Crippen molar-refractivity contribution in [3.8, 4) is 0 Å². The van der Waals surface area contributed by atoms with Crippen molar-refractivity contribution in [3.05, 3.63) is 0 Å². The van der Waals surface area contributed by atoms with Gasteiger partial charge >= 0.3 is 0 Å². The van der Waals surface area contributed by atoms with Crippen LogP contribution in [0.15, 0.2) is 9.98 Å². The summed E-state index contributed by atoms with van der Waals surface area (Å²) in [6.07, 6.45) is 4.09. The molecule has 114 valence electrons. The molecule has 0 aromatic rings. The smallest absolute Gasteiger partial charge is 0.183 e. The molecule has 2 aliphatic rings. The topological polar surface area (TPSA) is 43.2 Å². The van der Waals surface area contributed by atoms with Gasteiger partial charge < -0.3 is 9.47 Å². The third-order valence-electron chi connectivity index (χ3n) is 4.03. The number of hydrogen-bond acceptors (Lipinski definition) is 4. The molecule has 0 saturated carbocycles. The third kappa shape index (κ3) is 4.22. The molecule has 0 bridgehead atoms. The summed E-state index contributed by atoms with van der Waals surface area (Å²) in [5, 5.41) is 0. The van der Waals surface area contributed by atoms with Crippen LogP contribution in [0.1, 0.15) is 53.4 Å². The van der Waals surface area contributed by atoms with Gasteiger partial charge in [-0.1, -0.05) is 27.7 Å². The minimum absolute atomic E-state index is 0.361. The lowest BCUT2D eigenvalue weighted by Crippen LogP contribution is -2.13. The van der Waals surface area contributed by atoms with Gasteiger partial charge in [-0.2, -0.15) is 0 Å². The highest BCUT2D eigenvalue weighted by molar-refractivity contribution is 5.78. The van der Waals surface area contributed by atoms with E-state index in [4.69, 9.17) is 9.47 Å². The molecule has 0 radical (unpaired) electrons. The number of nitrogens with zero attached hydrogens (tertiary/aromatic N) is 2. The van der Waals surface area contributed by atoms with Crippen LogP contribution in [0.2, 0.25) is 0 Å². The Bertz CT molecular complexity index is 339. The van der Waals surface area contributed by atoms with Crippen LogP contribution in [0.3, 0.4) is 0 Å². The highest BCUT2D eigenvalue weighted by atomic mass is 16.5. The van der Waals surface area contributed by atoms with Crippen molar-refractivity contribution in [2.45, 2.75) is 65.5 Å². The third-order valence-corrected chi connectivity index (χ3v) is 4.03. The zero-order chi connectivity index (χ0) is 14.5. The second-order valence-corrected chi connectivity index (χ2v) is 6.50. The van der Waals surface area contributed by atoms with Gasteiger partial charge in [-0.15, -0.1) is 0 Å². The van der Waals surface area contributed by atoms with E-state index in [0.29, 0.717) is 23.9 Å². The summed E-state index contributed by atoms with van der Waals surface area (Å²) in [7, 11) is 0. The molecule has 0 aliphatic carbocycles. The van der Waals surface area contributed by atoms with Crippen LogP contribution in [0, 0.1) is 11.8 Å². The standard InChI is InChI=1S/C16H28N2O2/c1-11(2)13-9-19-15(17-13)7-5-6-8-16-18-14(10-20-16)12(3)4/h11-14H,5-10H2,1-4H3. The zero-order valence-corrected chi connectivity index (χ0v) is 13.3. The fourth-order valence-corrected chi connectivity index (χ4v) is 2.39. The van der Waals surface area contributed by atoms with Crippen LogP contribution in [0.5, 0.6) is 0 Å². The summed E-state index contributed by atoms with van der Waals surface area (Å²) in [4.78, 5) is 9.25. The molecule has 2 rings (SSSR count). The molecule has 0 aromatic heterocycles. The van der Waals surface area contributed by atoms with Gasteiger partial charge in [0.2, 0.25) is 0 Å². The number of hydrogen-bond donors (Lipinski definition) is 0. The predicted octanol–water partition coefficient (Wildman–Crippen LogP) is 3.45. The minimum atomic E-state index is 0.361. The second-order valence-electron chi connectivity index (χ2n) is 6.50. The van der Waals surface area contributed by atoms with Crippen LogP contribution in [-0.4, -0.2) is 37.1 Å². The SMILES string of the molecule is CC(C)C1COC(CCCCC2=NC(C(C)C)CO2)=N1. The lowest BCUT2D eigenvalue weighted by atomic mass is 10.1. The Balaban J connectivity index is 1.63. The molecule has 0 amide bonds. The maximum atomic E-state index is 5.64. The van der Waals surface area contributed by atoms with E-state index in [-0.39, 0.29) is 0 Å². The first kappa shape index (κ1) is 15.3. The highest BCUT2D eigenvalue weighted by Gasteiger charge is 2.22. The maximum absolute atomic E-state index is 5.64. The van der Waals surface area contributed by atoms with Crippen LogP contribution >= 0.6 is 0 Å². The summed E-state index contributed by atoms with van der Waals surface area (Å²) in [6.45, 7) is 10.3. The quantitative estimate of drug-likeness (QED) is 0.670. The average Bonchev–Trinajstić information content (AvgIpc) is 3.04. The molecule has 0 fully saturated rings. The summed E-state index contributed by atoms with van der Waals surface area (Å²) in [6, 6.07) is 0.721. The summed E-state index contributed by atoms with van der Waals surface area (Å²) in [5.74, 6) is 3.03. The average molecular weight is 280 g/mol. The Hall–Kier alpha value is -1.06. The lowest BCUT2D eigenvalue weighted by molar-refractivity contribution is 0.282. The molecule has 2 unspecified atom stereocenters. The first-order chi connectivity index (χ1) is 9.56. The van der Waals surface area contributed by atoms with Crippen LogP contribution in [0.25, 0.3) is 0 Å². The van der Waals surface area contributed by atoms with E-state index < -0.39 is 0 Å². The summed E-state index contributed by atoms with van der Waals surface area (Å²) in [5.41, 5.74) is 0. The van der Waals surface area contributed by atoms with E-state index in [1.807, 2.05) is 0 Å². The van der Waals surface area contributed by atoms with E-state index in [1.165, 1.54) is 0 Å². The summed E-state index contributed by atoms with van der Waals surface area (Å²) >= 11 is 0. The van der Waals surface area contributed by atoms with Gasteiger partial charge in [0.15, 0.2) is 11.8 Å². The molecule has 4 nitrogen and oxygen atoms in total. The monoisotopic (exact) mass is 280 g/mol. The molecular weight excluding hydrogens is 252 g/mol. The van der Waals surface area contributed by atoms with Crippen molar-refractivity contribution in [3.63, 3.8) is 0 Å². The molecule has 4 heteroatoms. The molecule has 2 heterocycles. The highest BCUT2D eigenvalue weighted by Crippen LogP contribution is 2.18. The normalized spacial score (nSPS) is 25.7. The van der Waals surface area contributed by atoms with Gasteiger partial charge in [-0.05, 0) is 24.7 Å². The first-order valence-corrected chi connectivity index (χ1v) is 7.95. The number of rotatable bonds is 7. The van der Waals surface area contributed by atoms with Crippen molar-refractivity contribution in [2.75, 3.05) is 13.2 Å². The molecule has 0 aromatic carbocycles. The molecule has 0 saturated heterocycles. The second kappa shape index (κ2) is 7.09. The number of unbranched alkanes of at least 4 members (excludes halogenated alkanes) is 1. The molecule has 0 spiro atoms. The summed E-state index contributed by atoms with van der Waals surface area (Å²) < 4.78 is 11.3. The predicted molar refractivity (Wildman–Crippen MR) is 82.5 cm³/mol. The fourth-order valence-electron chi connectivity index (χ4n) is 2.39. The van der Waals surface area contributed by atoms with Gasteiger partial charge in [0.25, 0.3) is 0 Å². The largest absolute Gasteiger partial charge is 0.479 e. The zero-order valence-electron chi connectivity index (χ0n) is 13.3. The Morgan fingerprint density at radius 1 is 0.850 bits per heavy atom. The lowest BCUT2D eigenvalue weighted by Gasteiger charge is -2.06. The maximum Gasteiger partial charge on any atom is 0.183 e. The first-order valence-electron chi connectivity index (χ1n) is 7.95. The van der Waals surface area contributed by atoms with Crippen molar-refractivity contribution in [1.82, 2.24) is 0 Å². The molecular formula is C16H28N2O2. The number of ether oxygens (including phenoxy) is 2. The molecule has 20 heavy (non-hydrogen) atoms. The molecule has 2 aliphatic heterocycles. The van der Waals surface area contributed by atoms with E-state index in [0.717, 1.165) is 50.7 Å². The van der Waals surface area contributed by atoms with E-state index in [9.17, 15) is 0 Å². The van der Waals surface area contributed by atoms with Crippen LogP contribution in [-0.2, 0) is 9.47 Å². The van der Waals surface area contributed by atoms with E-state index >= 15 is 0 Å². The van der Waals surface area contributed by atoms with Gasteiger partial charge in [-0.3, -0.25) is 0 Å². The molecule has 2 atom stereocenters. The Morgan fingerprint density at radius 3 is 1.55 bits per heavy atom. The minimum Gasteiger partial charge on any atom is -0.479 e. The van der Waals surface area contributed by atoms with Crippen LogP contribution < -0.4 is 0 Å². The Labute approximate surface area is 122 Å². The van der Waals surface area contributed by atoms with Crippen molar-refractivity contribution in [1.29, 1.82) is 0 Å². The van der Waals surface area contributed by atoms with Crippen molar-refractivity contribution >= 4 is 11.8 Å². The van der Waals surface area contributed by atoms with Crippen molar-refractivity contribution in [2.24, 2.45) is 21.8 Å². The van der Waals surface area contributed by atoms with Crippen molar-refractivity contribution < 1.29 is 9.47 Å². The molecule has 0 N–H and O–H groups in total. The van der Waals surface area contributed by atoms with Gasteiger partial charge in [0, 0.05) is 12.8 Å². The Morgan fingerprint density at radius 2 is 1.25 bits per heavy atom. The van der Waals surface area contributed by atoms with E-state index in [1.54, 1.807) is 0 Å². The number of aliphatic imine (C=N–C) groups is 2. The van der Waals surface area contributed by atoms with Crippen LogP contribution in [0.4, 0.5) is 0 Å². The van der Waals surface area contributed by atoms with Gasteiger partial charge in [0.1, 0.15) is 13.2 Å². The Kier molecular flexibility index (Phi) is 5.44.